The Hall–Kier alpha value is -1.96. The number of hydrogen-bond acceptors (Lipinski definition) is 4. The normalized spacial score (nSPS) is 13.0. The number of rotatable bonds is 4. The Balaban J connectivity index is 2.13. The van der Waals surface area contributed by atoms with Crippen molar-refractivity contribution in [3.8, 4) is 10.6 Å². The maximum atomic E-state index is 12.3. The monoisotopic (exact) mass is 329 g/mol. The fourth-order valence-corrected chi connectivity index (χ4v) is 2.87. The van der Waals surface area contributed by atoms with Gasteiger partial charge in [0.05, 0.1) is 12.1 Å². The zero-order valence-electron chi connectivity index (χ0n) is 11.9. The van der Waals surface area contributed by atoms with Gasteiger partial charge in [0, 0.05) is 24.0 Å². The van der Waals surface area contributed by atoms with Crippen LogP contribution in [0.4, 0.5) is 13.2 Å². The molecule has 2 heterocycles. The predicted molar refractivity (Wildman–Crippen MR) is 77.7 cm³/mol. The van der Waals surface area contributed by atoms with Gasteiger partial charge in [-0.25, -0.2) is 4.98 Å². The van der Waals surface area contributed by atoms with Gasteiger partial charge in [0.25, 0.3) is 5.91 Å². The zero-order chi connectivity index (χ0) is 16.3. The first-order valence-corrected chi connectivity index (χ1v) is 7.33. The minimum atomic E-state index is -4.31. The van der Waals surface area contributed by atoms with Gasteiger partial charge in [0.1, 0.15) is 9.88 Å². The molecule has 0 spiro atoms. The van der Waals surface area contributed by atoms with E-state index in [0.717, 1.165) is 16.9 Å². The van der Waals surface area contributed by atoms with E-state index in [9.17, 15) is 18.0 Å². The highest BCUT2D eigenvalue weighted by Crippen LogP contribution is 2.27. The number of aromatic nitrogens is 2. The summed E-state index contributed by atoms with van der Waals surface area (Å²) in [6.45, 7) is 2.98. The molecule has 4 nitrogen and oxygen atoms in total. The summed E-state index contributed by atoms with van der Waals surface area (Å²) in [4.78, 5) is 20.6. The molecule has 0 radical (unpaired) electrons. The molecule has 2 aromatic heterocycles. The summed E-state index contributed by atoms with van der Waals surface area (Å²) in [6.07, 6.45) is -2.13. The molecule has 1 atom stereocenters. The average Bonchev–Trinajstić information content (AvgIpc) is 2.79. The highest BCUT2D eigenvalue weighted by atomic mass is 32.1. The molecule has 1 amide bonds. The van der Waals surface area contributed by atoms with E-state index in [1.165, 1.54) is 6.92 Å². The Morgan fingerprint density at radius 3 is 2.77 bits per heavy atom. The molecular formula is C14H14F3N3OS. The van der Waals surface area contributed by atoms with Gasteiger partial charge in [-0.3, -0.25) is 9.78 Å². The first-order chi connectivity index (χ1) is 10.3. The van der Waals surface area contributed by atoms with E-state index in [-0.39, 0.29) is 0 Å². The van der Waals surface area contributed by atoms with Gasteiger partial charge in [-0.2, -0.15) is 13.2 Å². The summed E-state index contributed by atoms with van der Waals surface area (Å²) < 4.78 is 36.9. The quantitative estimate of drug-likeness (QED) is 0.933. The molecule has 0 saturated carbocycles. The Labute approximate surface area is 129 Å². The van der Waals surface area contributed by atoms with Crippen molar-refractivity contribution in [2.45, 2.75) is 32.5 Å². The van der Waals surface area contributed by atoms with E-state index in [1.807, 2.05) is 0 Å². The van der Waals surface area contributed by atoms with E-state index < -0.39 is 24.5 Å². The van der Waals surface area contributed by atoms with Crippen LogP contribution in [0.2, 0.25) is 0 Å². The topological polar surface area (TPSA) is 54.9 Å². The number of hydrogen-bond donors (Lipinski definition) is 1. The van der Waals surface area contributed by atoms with E-state index >= 15 is 0 Å². The summed E-state index contributed by atoms with van der Waals surface area (Å²) in [5, 5.41) is 2.96. The van der Waals surface area contributed by atoms with Crippen molar-refractivity contribution >= 4 is 17.2 Å². The molecule has 2 rings (SSSR count). The average molecular weight is 329 g/mol. The van der Waals surface area contributed by atoms with Crippen molar-refractivity contribution < 1.29 is 18.0 Å². The van der Waals surface area contributed by atoms with Crippen LogP contribution in [0, 0.1) is 6.92 Å². The molecule has 2 aromatic rings. The molecular weight excluding hydrogens is 315 g/mol. The molecule has 0 aromatic carbocycles. The van der Waals surface area contributed by atoms with Gasteiger partial charge in [-0.15, -0.1) is 11.3 Å². The van der Waals surface area contributed by atoms with Crippen molar-refractivity contribution in [2.75, 3.05) is 0 Å². The van der Waals surface area contributed by atoms with Crippen LogP contribution in [0.25, 0.3) is 10.6 Å². The number of carbonyl (C=O) groups is 1. The Morgan fingerprint density at radius 2 is 2.18 bits per heavy atom. The van der Waals surface area contributed by atoms with Gasteiger partial charge < -0.3 is 5.32 Å². The van der Waals surface area contributed by atoms with Gasteiger partial charge in [0.15, 0.2) is 0 Å². The molecule has 0 saturated heterocycles. The number of aryl methyl sites for hydroxylation is 1. The third kappa shape index (κ3) is 4.27. The number of carbonyl (C=O) groups excluding carboxylic acids is 1. The molecule has 0 aliphatic rings. The van der Waals surface area contributed by atoms with Crippen LogP contribution < -0.4 is 5.32 Å². The summed E-state index contributed by atoms with van der Waals surface area (Å²) in [6, 6.07) is 2.56. The summed E-state index contributed by atoms with van der Waals surface area (Å²) in [5.74, 6) is -0.540. The maximum Gasteiger partial charge on any atom is 0.391 e. The van der Waals surface area contributed by atoms with Gasteiger partial charge >= 0.3 is 6.18 Å². The highest BCUT2D eigenvalue weighted by Gasteiger charge is 2.31. The lowest BCUT2D eigenvalue weighted by atomic mass is 10.2. The molecule has 0 aliphatic heterocycles. The number of halogens is 3. The lowest BCUT2D eigenvalue weighted by Gasteiger charge is -2.15. The van der Waals surface area contributed by atoms with E-state index in [0.29, 0.717) is 15.6 Å². The molecule has 22 heavy (non-hydrogen) atoms. The highest BCUT2D eigenvalue weighted by molar-refractivity contribution is 7.17. The number of thiazole rings is 1. The standard InChI is InChI=1S/C14H14F3N3OS/c1-8(6-14(15,16)17)19-12(21)11-9(2)20-13(22-11)10-4-3-5-18-7-10/h3-5,7-8H,6H2,1-2H3,(H,19,21). The fourth-order valence-electron chi connectivity index (χ4n) is 1.91. The SMILES string of the molecule is Cc1nc(-c2cccnc2)sc1C(=O)NC(C)CC(F)(F)F. The van der Waals surface area contributed by atoms with E-state index in [2.05, 4.69) is 15.3 Å². The van der Waals surface area contributed by atoms with Crippen LogP contribution in [-0.2, 0) is 0 Å². The third-order valence-electron chi connectivity index (χ3n) is 2.83. The largest absolute Gasteiger partial charge is 0.391 e. The van der Waals surface area contributed by atoms with E-state index in [4.69, 9.17) is 0 Å². The number of nitrogens with one attached hydrogen (secondary N) is 1. The van der Waals surface area contributed by atoms with E-state index in [1.54, 1.807) is 31.5 Å². The summed E-state index contributed by atoms with van der Waals surface area (Å²) >= 11 is 1.14. The van der Waals surface area contributed by atoms with Crippen LogP contribution in [0.5, 0.6) is 0 Å². The third-order valence-corrected chi connectivity index (χ3v) is 4.03. The zero-order valence-corrected chi connectivity index (χ0v) is 12.8. The van der Waals surface area contributed by atoms with Crippen molar-refractivity contribution in [3.05, 3.63) is 35.1 Å². The van der Waals surface area contributed by atoms with Crippen molar-refractivity contribution in [1.82, 2.24) is 15.3 Å². The fraction of sp³-hybridized carbons (Fsp3) is 0.357. The van der Waals surface area contributed by atoms with Gasteiger partial charge in [-0.1, -0.05) is 0 Å². The lowest BCUT2D eigenvalue weighted by Crippen LogP contribution is -2.35. The van der Waals surface area contributed by atoms with Crippen molar-refractivity contribution in [1.29, 1.82) is 0 Å². The van der Waals surface area contributed by atoms with Crippen molar-refractivity contribution in [3.63, 3.8) is 0 Å². The first kappa shape index (κ1) is 16.4. The van der Waals surface area contributed by atoms with Crippen molar-refractivity contribution in [2.24, 2.45) is 0 Å². The molecule has 8 heteroatoms. The van der Waals surface area contributed by atoms with Crippen LogP contribution >= 0.6 is 11.3 Å². The predicted octanol–water partition coefficient (Wildman–Crippen LogP) is 3.58. The van der Waals surface area contributed by atoms with Gasteiger partial charge in [0.2, 0.25) is 0 Å². The second kappa shape index (κ2) is 6.43. The van der Waals surface area contributed by atoms with Crippen LogP contribution in [0.3, 0.4) is 0 Å². The molecule has 0 bridgehead atoms. The second-order valence-electron chi connectivity index (χ2n) is 4.87. The Bertz CT molecular complexity index is 655. The first-order valence-electron chi connectivity index (χ1n) is 6.51. The lowest BCUT2D eigenvalue weighted by molar-refractivity contribution is -0.138. The Kier molecular flexibility index (Phi) is 4.80. The second-order valence-corrected chi connectivity index (χ2v) is 5.87. The molecule has 118 valence electrons. The molecule has 1 N–H and O–H groups in total. The van der Waals surface area contributed by atoms with Gasteiger partial charge in [-0.05, 0) is 26.0 Å². The number of amides is 1. The summed E-state index contributed by atoms with van der Waals surface area (Å²) in [7, 11) is 0. The smallest absolute Gasteiger partial charge is 0.348 e. The minimum Gasteiger partial charge on any atom is -0.348 e. The molecule has 0 aliphatic carbocycles. The maximum absolute atomic E-state index is 12.3. The van der Waals surface area contributed by atoms with Crippen LogP contribution in [-0.4, -0.2) is 28.1 Å². The molecule has 0 fully saturated rings. The number of nitrogens with zero attached hydrogens (tertiary/aromatic N) is 2. The summed E-state index contributed by atoms with van der Waals surface area (Å²) in [5.41, 5.74) is 1.25. The Morgan fingerprint density at radius 1 is 1.45 bits per heavy atom. The molecule has 1 unspecified atom stereocenters. The van der Waals surface area contributed by atoms with Crippen LogP contribution in [0.15, 0.2) is 24.5 Å². The van der Waals surface area contributed by atoms with Crippen LogP contribution in [0.1, 0.15) is 28.7 Å². The number of alkyl halides is 3. The number of pyridine rings is 1. The minimum absolute atomic E-state index is 0.313.